The van der Waals surface area contributed by atoms with Crippen LogP contribution in [0.5, 0.6) is 0 Å². The molecule has 0 spiro atoms. The number of benzene rings is 2. The molecule has 0 saturated heterocycles. The van der Waals surface area contributed by atoms with Crippen molar-refractivity contribution in [3.05, 3.63) is 82.4 Å². The third-order valence-corrected chi connectivity index (χ3v) is 6.53. The molecule has 150 valence electrons. The smallest absolute Gasteiger partial charge is 0.226 e. The summed E-state index contributed by atoms with van der Waals surface area (Å²) in [5.41, 5.74) is 3.90. The molecule has 0 unspecified atom stereocenters. The average molecular weight is 425 g/mol. The van der Waals surface area contributed by atoms with E-state index in [9.17, 15) is 9.59 Å². The molecular formula is C23H24N2O2S2. The minimum Gasteiger partial charge on any atom is -0.355 e. The Bertz CT molecular complexity index is 937. The number of thioether (sulfide) groups is 1. The summed E-state index contributed by atoms with van der Waals surface area (Å²) in [5, 5.41) is 4.82. The van der Waals surface area contributed by atoms with Crippen LogP contribution in [0.15, 0.2) is 64.3 Å². The van der Waals surface area contributed by atoms with Gasteiger partial charge in [-0.2, -0.15) is 0 Å². The van der Waals surface area contributed by atoms with Crippen LogP contribution in [0.4, 0.5) is 0 Å². The summed E-state index contributed by atoms with van der Waals surface area (Å²) in [6.07, 6.45) is 2.04. The fourth-order valence-electron chi connectivity index (χ4n) is 2.79. The fourth-order valence-corrected chi connectivity index (χ4v) is 4.53. The molecule has 2 aromatic carbocycles. The minimum atomic E-state index is -0.0325. The molecule has 6 heteroatoms. The van der Waals surface area contributed by atoms with Crippen molar-refractivity contribution in [1.82, 2.24) is 10.3 Å². The van der Waals surface area contributed by atoms with Crippen molar-refractivity contribution in [1.29, 1.82) is 0 Å². The van der Waals surface area contributed by atoms with Gasteiger partial charge in [-0.05, 0) is 24.0 Å². The molecule has 1 amide bonds. The van der Waals surface area contributed by atoms with E-state index in [-0.39, 0.29) is 18.1 Å². The Kier molecular flexibility index (Phi) is 8.02. The van der Waals surface area contributed by atoms with Gasteiger partial charge in [-0.3, -0.25) is 9.59 Å². The average Bonchev–Trinajstić information content (AvgIpc) is 3.20. The number of hydrogen-bond donors (Lipinski definition) is 1. The molecule has 0 aliphatic rings. The van der Waals surface area contributed by atoms with Crippen molar-refractivity contribution in [3.63, 3.8) is 0 Å². The lowest BCUT2D eigenvalue weighted by Gasteiger charge is -2.04. The Morgan fingerprint density at radius 1 is 1.03 bits per heavy atom. The van der Waals surface area contributed by atoms with Gasteiger partial charge in [0, 0.05) is 17.5 Å². The zero-order valence-corrected chi connectivity index (χ0v) is 18.0. The predicted octanol–water partition coefficient (Wildman–Crippen LogP) is 4.58. The van der Waals surface area contributed by atoms with E-state index in [1.165, 1.54) is 34.2 Å². The van der Waals surface area contributed by atoms with E-state index in [4.69, 9.17) is 0 Å². The number of thiazole rings is 1. The van der Waals surface area contributed by atoms with Crippen LogP contribution in [0.1, 0.15) is 34.1 Å². The first kappa shape index (κ1) is 21.3. The number of amides is 1. The molecular weight excluding hydrogens is 400 g/mol. The molecule has 0 aliphatic heterocycles. The van der Waals surface area contributed by atoms with E-state index >= 15 is 0 Å². The Hall–Kier alpha value is -2.44. The summed E-state index contributed by atoms with van der Waals surface area (Å²) < 4.78 is 0.815. The lowest BCUT2D eigenvalue weighted by molar-refractivity contribution is -0.120. The zero-order valence-electron chi connectivity index (χ0n) is 16.4. The van der Waals surface area contributed by atoms with Crippen LogP contribution in [-0.2, 0) is 24.1 Å². The monoisotopic (exact) mass is 424 g/mol. The Balaban J connectivity index is 1.41. The number of aryl methyl sites for hydroxylation is 1. The normalized spacial score (nSPS) is 10.7. The topological polar surface area (TPSA) is 59.1 Å². The van der Waals surface area contributed by atoms with Gasteiger partial charge in [-0.1, -0.05) is 73.3 Å². The van der Waals surface area contributed by atoms with Gasteiger partial charge in [-0.15, -0.1) is 11.3 Å². The Morgan fingerprint density at radius 2 is 1.79 bits per heavy atom. The van der Waals surface area contributed by atoms with Gasteiger partial charge >= 0.3 is 0 Å². The molecule has 0 bridgehead atoms. The number of carbonyl (C=O) groups excluding carboxylic acids is 2. The van der Waals surface area contributed by atoms with Crippen molar-refractivity contribution in [2.45, 2.75) is 30.5 Å². The van der Waals surface area contributed by atoms with Crippen LogP contribution in [0.25, 0.3) is 0 Å². The second-order valence-electron chi connectivity index (χ2n) is 6.63. The maximum Gasteiger partial charge on any atom is 0.226 e. The molecule has 3 rings (SSSR count). The highest BCUT2D eigenvalue weighted by atomic mass is 32.2. The molecule has 1 heterocycles. The van der Waals surface area contributed by atoms with Crippen LogP contribution >= 0.6 is 23.1 Å². The second kappa shape index (κ2) is 10.9. The van der Waals surface area contributed by atoms with Crippen LogP contribution < -0.4 is 5.32 Å². The number of ketones is 1. The molecule has 3 aromatic rings. The van der Waals surface area contributed by atoms with Crippen LogP contribution in [0.2, 0.25) is 0 Å². The van der Waals surface area contributed by atoms with Gasteiger partial charge in [0.1, 0.15) is 0 Å². The Labute approximate surface area is 179 Å². The van der Waals surface area contributed by atoms with Gasteiger partial charge in [0.05, 0.1) is 17.9 Å². The van der Waals surface area contributed by atoms with E-state index in [0.29, 0.717) is 12.3 Å². The third kappa shape index (κ3) is 6.84. The zero-order chi connectivity index (χ0) is 20.5. The SMILES string of the molecule is CCc1ccc(C(=O)CSc2nc(CC(=O)NCCc3ccccc3)cs2)cc1. The third-order valence-electron chi connectivity index (χ3n) is 4.46. The number of aromatic nitrogens is 1. The number of hydrogen-bond acceptors (Lipinski definition) is 5. The highest BCUT2D eigenvalue weighted by Crippen LogP contribution is 2.24. The molecule has 0 fully saturated rings. The summed E-state index contributed by atoms with van der Waals surface area (Å²) in [6, 6.07) is 17.8. The standard InChI is InChI=1S/C23H24N2O2S2/c1-2-17-8-10-19(11-9-17)21(26)16-29-23-25-20(15-28-23)14-22(27)24-13-12-18-6-4-3-5-7-18/h3-11,15H,2,12-14,16H2,1H3,(H,24,27). The summed E-state index contributed by atoms with van der Waals surface area (Å²) in [5.74, 6) is 0.407. The van der Waals surface area contributed by atoms with E-state index in [2.05, 4.69) is 29.4 Å². The number of carbonyl (C=O) groups is 2. The highest BCUT2D eigenvalue weighted by Gasteiger charge is 2.11. The first-order chi connectivity index (χ1) is 14.1. The van der Waals surface area contributed by atoms with Gasteiger partial charge in [-0.25, -0.2) is 4.98 Å². The molecule has 1 N–H and O–H groups in total. The largest absolute Gasteiger partial charge is 0.355 e. The van der Waals surface area contributed by atoms with Crippen LogP contribution in [0, 0.1) is 0 Å². The van der Waals surface area contributed by atoms with Crippen molar-refractivity contribution < 1.29 is 9.59 Å². The molecule has 29 heavy (non-hydrogen) atoms. The quantitative estimate of drug-likeness (QED) is 0.382. The number of nitrogens with one attached hydrogen (secondary N) is 1. The summed E-state index contributed by atoms with van der Waals surface area (Å²) >= 11 is 2.90. The maximum absolute atomic E-state index is 12.3. The summed E-state index contributed by atoms with van der Waals surface area (Å²) in [7, 11) is 0. The van der Waals surface area contributed by atoms with E-state index in [0.717, 1.165) is 28.4 Å². The lowest BCUT2D eigenvalue weighted by Crippen LogP contribution is -2.27. The first-order valence-corrected chi connectivity index (χ1v) is 11.5. The second-order valence-corrected chi connectivity index (χ2v) is 8.71. The molecule has 0 radical (unpaired) electrons. The minimum absolute atomic E-state index is 0.0325. The fraction of sp³-hybridized carbons (Fsp3) is 0.261. The van der Waals surface area contributed by atoms with Gasteiger partial charge in [0.2, 0.25) is 5.91 Å². The molecule has 0 saturated carbocycles. The van der Waals surface area contributed by atoms with Crippen molar-refractivity contribution in [2.75, 3.05) is 12.3 Å². The first-order valence-electron chi connectivity index (χ1n) is 9.64. The van der Waals surface area contributed by atoms with Crippen molar-refractivity contribution in [3.8, 4) is 0 Å². The van der Waals surface area contributed by atoms with Crippen LogP contribution in [-0.4, -0.2) is 29.0 Å². The van der Waals surface area contributed by atoms with Gasteiger partial charge in [0.15, 0.2) is 10.1 Å². The highest BCUT2D eigenvalue weighted by molar-refractivity contribution is 8.01. The maximum atomic E-state index is 12.3. The van der Waals surface area contributed by atoms with Crippen LogP contribution in [0.3, 0.4) is 0 Å². The summed E-state index contributed by atoms with van der Waals surface area (Å²) in [4.78, 5) is 28.9. The van der Waals surface area contributed by atoms with E-state index in [1.54, 1.807) is 0 Å². The van der Waals surface area contributed by atoms with Crippen molar-refractivity contribution >= 4 is 34.8 Å². The predicted molar refractivity (Wildman–Crippen MR) is 120 cm³/mol. The Morgan fingerprint density at radius 3 is 2.52 bits per heavy atom. The van der Waals surface area contributed by atoms with Crippen molar-refractivity contribution in [2.24, 2.45) is 0 Å². The number of Topliss-reactive ketones (excluding diaryl/α,β-unsaturated/α-hetero) is 1. The molecule has 1 aromatic heterocycles. The molecule has 0 atom stereocenters. The molecule has 0 aliphatic carbocycles. The van der Waals surface area contributed by atoms with E-state index < -0.39 is 0 Å². The van der Waals surface area contributed by atoms with Gasteiger partial charge in [0.25, 0.3) is 0 Å². The number of nitrogens with zero attached hydrogens (tertiary/aromatic N) is 1. The lowest BCUT2D eigenvalue weighted by atomic mass is 10.1. The van der Waals surface area contributed by atoms with Gasteiger partial charge < -0.3 is 5.32 Å². The summed E-state index contributed by atoms with van der Waals surface area (Å²) in [6.45, 7) is 2.70. The molecule has 4 nitrogen and oxygen atoms in total. The van der Waals surface area contributed by atoms with E-state index in [1.807, 2.05) is 47.8 Å². The number of rotatable bonds is 10.